The molecule has 0 aliphatic rings. The summed E-state index contributed by atoms with van der Waals surface area (Å²) >= 11 is 0. The normalized spacial score (nSPS) is 9.85. The van der Waals surface area contributed by atoms with Gasteiger partial charge in [0.25, 0.3) is 5.56 Å². The summed E-state index contributed by atoms with van der Waals surface area (Å²) in [6.45, 7) is -0.843. The van der Waals surface area contributed by atoms with Crippen molar-refractivity contribution in [2.24, 2.45) is 12.2 Å². The van der Waals surface area contributed by atoms with Crippen LogP contribution in [0, 0.1) is 4.91 Å². The molecule has 5 N–H and O–H groups in total. The smallest absolute Gasteiger partial charge is 0.322 e. The predicted octanol–water partition coefficient (Wildman–Crippen LogP) is -1.63. The number of anilines is 2. The quantitative estimate of drug-likeness (QED) is 0.451. The first-order chi connectivity index (χ1) is 9.36. The summed E-state index contributed by atoms with van der Waals surface area (Å²) in [6, 6.07) is 0. The standard InChI is InChI=1S/C9H12N6O5/c1-15-8(19)6(14-20)7(10)13-9(15)12-2-4(16)11-3-5(17)18/h2-3,10H2,1H3,(H,11,16)(H,12,13)(H,17,18). The molecule has 0 aliphatic heterocycles. The maximum absolute atomic E-state index is 11.6. The van der Waals surface area contributed by atoms with Crippen molar-refractivity contribution >= 4 is 29.3 Å². The molecule has 20 heavy (non-hydrogen) atoms. The first kappa shape index (κ1) is 15.1. The molecule has 0 bridgehead atoms. The fourth-order valence-electron chi connectivity index (χ4n) is 1.25. The summed E-state index contributed by atoms with van der Waals surface area (Å²) in [6.07, 6.45) is 0. The van der Waals surface area contributed by atoms with Crippen LogP contribution < -0.4 is 21.9 Å². The van der Waals surface area contributed by atoms with E-state index in [4.69, 9.17) is 10.8 Å². The lowest BCUT2D eigenvalue weighted by molar-refractivity contribution is -0.137. The molecular formula is C9H12N6O5. The lowest BCUT2D eigenvalue weighted by Crippen LogP contribution is -2.35. The minimum absolute atomic E-state index is 0.0506. The summed E-state index contributed by atoms with van der Waals surface area (Å²) in [5.74, 6) is -2.21. The Morgan fingerprint density at radius 1 is 1.45 bits per heavy atom. The van der Waals surface area contributed by atoms with Crippen molar-refractivity contribution in [3.05, 3.63) is 15.3 Å². The molecule has 0 saturated carbocycles. The number of carbonyl (C=O) groups is 2. The molecule has 1 aromatic heterocycles. The van der Waals surface area contributed by atoms with Gasteiger partial charge in [-0.3, -0.25) is 19.0 Å². The molecule has 0 fully saturated rings. The fraction of sp³-hybridized carbons (Fsp3) is 0.333. The number of nitrogens with two attached hydrogens (primary N) is 1. The van der Waals surface area contributed by atoms with Crippen molar-refractivity contribution < 1.29 is 14.7 Å². The second-order valence-electron chi connectivity index (χ2n) is 3.65. The molecule has 1 rings (SSSR count). The van der Waals surface area contributed by atoms with Crippen LogP contribution in [0.3, 0.4) is 0 Å². The molecule has 1 aromatic rings. The topological polar surface area (TPSA) is 169 Å². The number of hydrogen-bond acceptors (Lipinski definition) is 8. The second-order valence-corrected chi connectivity index (χ2v) is 3.65. The number of nitroso groups, excluding NO2 is 1. The van der Waals surface area contributed by atoms with Crippen molar-refractivity contribution in [3.63, 3.8) is 0 Å². The first-order valence-electron chi connectivity index (χ1n) is 5.29. The average molecular weight is 284 g/mol. The molecule has 0 atom stereocenters. The molecule has 0 spiro atoms. The van der Waals surface area contributed by atoms with E-state index in [9.17, 15) is 19.3 Å². The van der Waals surface area contributed by atoms with Gasteiger partial charge in [0.2, 0.25) is 17.5 Å². The number of amides is 1. The number of nitrogens with one attached hydrogen (secondary N) is 2. The van der Waals surface area contributed by atoms with E-state index >= 15 is 0 Å². The highest BCUT2D eigenvalue weighted by Gasteiger charge is 2.13. The van der Waals surface area contributed by atoms with E-state index in [1.165, 1.54) is 7.05 Å². The molecular weight excluding hydrogens is 272 g/mol. The molecule has 0 saturated heterocycles. The molecule has 0 aromatic carbocycles. The predicted molar refractivity (Wildman–Crippen MR) is 68.5 cm³/mol. The van der Waals surface area contributed by atoms with Gasteiger partial charge in [0.05, 0.1) is 6.54 Å². The van der Waals surface area contributed by atoms with Crippen molar-refractivity contribution in [1.29, 1.82) is 0 Å². The maximum Gasteiger partial charge on any atom is 0.322 e. The van der Waals surface area contributed by atoms with E-state index in [1.54, 1.807) is 0 Å². The zero-order valence-electron chi connectivity index (χ0n) is 10.4. The van der Waals surface area contributed by atoms with Crippen LogP contribution in [0.15, 0.2) is 9.97 Å². The van der Waals surface area contributed by atoms with E-state index in [-0.39, 0.29) is 18.3 Å². The highest BCUT2D eigenvalue weighted by atomic mass is 16.4. The van der Waals surface area contributed by atoms with Crippen molar-refractivity contribution in [3.8, 4) is 0 Å². The molecule has 0 radical (unpaired) electrons. The lowest BCUT2D eigenvalue weighted by Gasteiger charge is -2.10. The van der Waals surface area contributed by atoms with E-state index in [2.05, 4.69) is 20.8 Å². The van der Waals surface area contributed by atoms with Crippen LogP contribution >= 0.6 is 0 Å². The number of nitrogen functional groups attached to an aromatic ring is 1. The lowest BCUT2D eigenvalue weighted by atomic mass is 10.4. The van der Waals surface area contributed by atoms with Crippen LogP contribution in [0.1, 0.15) is 0 Å². The minimum atomic E-state index is -1.19. The number of nitrogens with zero attached hydrogens (tertiary/aromatic N) is 3. The molecule has 1 heterocycles. The fourth-order valence-corrected chi connectivity index (χ4v) is 1.25. The molecule has 11 nitrogen and oxygen atoms in total. The Balaban J connectivity index is 2.79. The Labute approximate surface area is 111 Å². The Kier molecular flexibility index (Phi) is 4.72. The summed E-state index contributed by atoms with van der Waals surface area (Å²) in [4.78, 5) is 47.3. The van der Waals surface area contributed by atoms with E-state index in [1.807, 2.05) is 0 Å². The Morgan fingerprint density at radius 3 is 2.65 bits per heavy atom. The van der Waals surface area contributed by atoms with Crippen molar-refractivity contribution in [2.45, 2.75) is 0 Å². The summed E-state index contributed by atoms with van der Waals surface area (Å²) in [7, 11) is 1.31. The molecule has 108 valence electrons. The van der Waals surface area contributed by atoms with Crippen LogP contribution in [0.5, 0.6) is 0 Å². The van der Waals surface area contributed by atoms with Gasteiger partial charge in [0, 0.05) is 7.05 Å². The first-order valence-corrected chi connectivity index (χ1v) is 5.29. The SMILES string of the molecule is Cn1c(NCC(=O)NCC(=O)O)nc(N)c(N=O)c1=O. The number of hydrogen-bond donors (Lipinski definition) is 4. The molecule has 1 amide bonds. The number of carboxylic acid groups (broad SMARTS) is 1. The van der Waals surface area contributed by atoms with Crippen molar-refractivity contribution in [1.82, 2.24) is 14.9 Å². The highest BCUT2D eigenvalue weighted by Crippen LogP contribution is 2.15. The van der Waals surface area contributed by atoms with Crippen LogP contribution in [0.2, 0.25) is 0 Å². The molecule has 0 unspecified atom stereocenters. The Bertz CT molecular complexity index is 610. The molecule has 0 aliphatic carbocycles. The summed E-state index contributed by atoms with van der Waals surface area (Å²) < 4.78 is 0.956. The van der Waals surface area contributed by atoms with E-state index < -0.39 is 29.7 Å². The monoisotopic (exact) mass is 284 g/mol. The zero-order valence-corrected chi connectivity index (χ0v) is 10.4. The number of aliphatic carboxylic acids is 1. The number of carboxylic acids is 1. The van der Waals surface area contributed by atoms with Gasteiger partial charge in [-0.15, -0.1) is 4.91 Å². The van der Waals surface area contributed by atoms with Gasteiger partial charge >= 0.3 is 5.97 Å². The van der Waals surface area contributed by atoms with Gasteiger partial charge in [0.1, 0.15) is 6.54 Å². The van der Waals surface area contributed by atoms with Crippen LogP contribution in [-0.2, 0) is 16.6 Å². The van der Waals surface area contributed by atoms with Gasteiger partial charge in [-0.1, -0.05) is 0 Å². The summed E-state index contributed by atoms with van der Waals surface area (Å²) in [5, 5.41) is 15.4. The number of rotatable bonds is 6. The second kappa shape index (κ2) is 6.26. The van der Waals surface area contributed by atoms with Crippen LogP contribution in [-0.4, -0.2) is 39.6 Å². The van der Waals surface area contributed by atoms with E-state index in [0.29, 0.717) is 0 Å². The summed E-state index contributed by atoms with van der Waals surface area (Å²) in [5.41, 5.74) is 4.09. The number of carbonyl (C=O) groups excluding carboxylic acids is 1. The van der Waals surface area contributed by atoms with Gasteiger partial charge in [0.15, 0.2) is 5.82 Å². The van der Waals surface area contributed by atoms with Gasteiger partial charge < -0.3 is 21.5 Å². The van der Waals surface area contributed by atoms with Gasteiger partial charge in [-0.05, 0) is 5.18 Å². The number of aromatic nitrogens is 2. The minimum Gasteiger partial charge on any atom is -0.480 e. The zero-order chi connectivity index (χ0) is 15.3. The van der Waals surface area contributed by atoms with Crippen LogP contribution in [0.4, 0.5) is 17.5 Å². The maximum atomic E-state index is 11.6. The Hall–Kier alpha value is -2.98. The Morgan fingerprint density at radius 2 is 2.10 bits per heavy atom. The molecule has 11 heteroatoms. The third kappa shape index (κ3) is 3.51. The third-order valence-corrected chi connectivity index (χ3v) is 2.23. The van der Waals surface area contributed by atoms with Gasteiger partial charge in [-0.2, -0.15) is 4.98 Å². The van der Waals surface area contributed by atoms with Gasteiger partial charge in [-0.25, -0.2) is 0 Å². The highest BCUT2D eigenvalue weighted by molar-refractivity contribution is 5.84. The van der Waals surface area contributed by atoms with Crippen molar-refractivity contribution in [2.75, 3.05) is 24.1 Å². The van der Waals surface area contributed by atoms with E-state index in [0.717, 1.165) is 4.57 Å². The third-order valence-electron chi connectivity index (χ3n) is 2.23. The van der Waals surface area contributed by atoms with Crippen LogP contribution in [0.25, 0.3) is 0 Å². The average Bonchev–Trinajstić information content (AvgIpc) is 2.39. The largest absolute Gasteiger partial charge is 0.480 e.